The van der Waals surface area contributed by atoms with Gasteiger partial charge in [0.2, 0.25) is 5.95 Å². The van der Waals surface area contributed by atoms with Crippen molar-refractivity contribution in [2.75, 3.05) is 5.32 Å². The van der Waals surface area contributed by atoms with Crippen molar-refractivity contribution in [3.63, 3.8) is 0 Å². The first kappa shape index (κ1) is 21.6. The second kappa shape index (κ2) is 8.58. The molecule has 4 aromatic rings. The minimum atomic E-state index is 0.518. The highest BCUT2D eigenvalue weighted by atomic mass is 15.3. The normalized spacial score (nSPS) is 13.1. The number of aryl methyl sites for hydroxylation is 4. The van der Waals surface area contributed by atoms with Crippen molar-refractivity contribution in [1.29, 1.82) is 0 Å². The number of hydrogen-bond donors (Lipinski definition) is 3. The molecule has 1 aromatic carbocycles. The first-order chi connectivity index (χ1) is 16.5. The molecular formula is C25H28N9+. The van der Waals surface area contributed by atoms with Crippen LogP contribution in [0.2, 0.25) is 0 Å². The third kappa shape index (κ3) is 3.75. The molecule has 0 amide bonds. The summed E-state index contributed by atoms with van der Waals surface area (Å²) in [6, 6.07) is 10.1. The Morgan fingerprint density at radius 1 is 1.18 bits per heavy atom. The van der Waals surface area contributed by atoms with Crippen LogP contribution in [0.1, 0.15) is 30.7 Å². The molecule has 0 atom stereocenters. The Morgan fingerprint density at radius 3 is 2.65 bits per heavy atom. The Labute approximate surface area is 197 Å². The van der Waals surface area contributed by atoms with E-state index in [4.69, 9.17) is 21.2 Å². The van der Waals surface area contributed by atoms with Crippen molar-refractivity contribution in [2.45, 2.75) is 33.2 Å². The average Bonchev–Trinajstić information content (AvgIpc) is 3.43. The molecule has 0 fully saturated rings. The van der Waals surface area contributed by atoms with E-state index in [9.17, 15) is 0 Å². The second-order valence-electron chi connectivity index (χ2n) is 8.38. The number of rotatable bonds is 6. The first-order valence-electron chi connectivity index (χ1n) is 11.3. The highest BCUT2D eigenvalue weighted by Gasteiger charge is 2.27. The number of fused-ring (bicyclic) bond motifs is 3. The van der Waals surface area contributed by atoms with Crippen LogP contribution in [-0.4, -0.2) is 35.7 Å². The van der Waals surface area contributed by atoms with Crippen molar-refractivity contribution in [2.24, 2.45) is 12.8 Å². The summed E-state index contributed by atoms with van der Waals surface area (Å²) < 4.78 is 3.80. The van der Waals surface area contributed by atoms with Gasteiger partial charge in [0.15, 0.2) is 12.0 Å². The maximum Gasteiger partial charge on any atom is 0.228 e. The van der Waals surface area contributed by atoms with Gasteiger partial charge in [-0.2, -0.15) is 10.2 Å². The number of allylic oxidation sites excluding steroid dienone is 2. The van der Waals surface area contributed by atoms with Crippen molar-refractivity contribution < 1.29 is 5.41 Å². The van der Waals surface area contributed by atoms with E-state index in [1.54, 1.807) is 6.21 Å². The molecule has 9 heteroatoms. The monoisotopic (exact) mass is 454 g/mol. The number of benzene rings is 1. The topological polar surface area (TPSA) is 125 Å². The lowest BCUT2D eigenvalue weighted by molar-refractivity contribution is -0.103. The first-order valence-corrected chi connectivity index (χ1v) is 11.3. The summed E-state index contributed by atoms with van der Waals surface area (Å²) in [4.78, 5) is 9.43. The van der Waals surface area contributed by atoms with Crippen LogP contribution < -0.4 is 16.5 Å². The smallest absolute Gasteiger partial charge is 0.228 e. The molecule has 5 N–H and O–H groups in total. The Morgan fingerprint density at radius 2 is 1.97 bits per heavy atom. The van der Waals surface area contributed by atoms with E-state index in [-0.39, 0.29) is 0 Å². The van der Waals surface area contributed by atoms with E-state index in [1.165, 1.54) is 0 Å². The Kier molecular flexibility index (Phi) is 5.45. The number of nitrogens with two attached hydrogens (primary N) is 2. The van der Waals surface area contributed by atoms with Crippen LogP contribution in [0.3, 0.4) is 0 Å². The number of hydrogen-bond acceptors (Lipinski definition) is 6. The molecule has 0 radical (unpaired) electrons. The van der Waals surface area contributed by atoms with Crippen molar-refractivity contribution in [1.82, 2.24) is 29.5 Å². The van der Waals surface area contributed by atoms with E-state index in [1.807, 2.05) is 60.9 Å². The van der Waals surface area contributed by atoms with E-state index >= 15 is 0 Å². The molecule has 0 saturated carbocycles. The summed E-state index contributed by atoms with van der Waals surface area (Å²) in [5, 5.41) is 18.3. The van der Waals surface area contributed by atoms with Crippen molar-refractivity contribution in [3.8, 4) is 22.5 Å². The predicted octanol–water partition coefficient (Wildman–Crippen LogP) is 2.12. The summed E-state index contributed by atoms with van der Waals surface area (Å²) in [5.74, 6) is 1.24. The average molecular weight is 455 g/mol. The van der Waals surface area contributed by atoms with E-state index < -0.39 is 0 Å². The number of nitrogens with one attached hydrogen (secondary N) is 1. The quantitative estimate of drug-likeness (QED) is 0.383. The minimum Gasteiger partial charge on any atom is -0.402 e. The largest absolute Gasteiger partial charge is 0.402 e. The van der Waals surface area contributed by atoms with Crippen LogP contribution in [0.5, 0.6) is 0 Å². The second-order valence-corrected chi connectivity index (χ2v) is 8.38. The molecule has 0 saturated heterocycles. The van der Waals surface area contributed by atoms with Gasteiger partial charge < -0.3 is 11.1 Å². The lowest BCUT2D eigenvalue weighted by atomic mass is 9.91. The van der Waals surface area contributed by atoms with Gasteiger partial charge in [-0.3, -0.25) is 14.8 Å². The summed E-state index contributed by atoms with van der Waals surface area (Å²) in [6.07, 6.45) is 7.09. The Bertz CT molecular complexity index is 1400. The van der Waals surface area contributed by atoms with Gasteiger partial charge in [-0.1, -0.05) is 24.3 Å². The van der Waals surface area contributed by atoms with Crippen LogP contribution >= 0.6 is 0 Å². The SMILES string of the molecule is CCn1ccc(Nc2ncc3c(n2)-c2c(nn(C)c2-c2ccc(/C(C=[NH2+])=C(\C)N)cc2)CC3)n1. The number of nitrogens with zero attached hydrogens (tertiary/aromatic N) is 6. The van der Waals surface area contributed by atoms with Gasteiger partial charge in [-0.15, -0.1) is 0 Å². The molecule has 34 heavy (non-hydrogen) atoms. The highest BCUT2D eigenvalue weighted by Crippen LogP contribution is 2.39. The standard InChI is InChI=1S/C25H27N9/c1-4-34-12-11-21(32-34)29-25-28-14-18-9-10-20-22(23(18)30-25)24(33(3)31-20)17-7-5-16(6-8-17)19(13-26)15(2)27/h5-8,11-14,26H,4,9-10,27H2,1-3H3,(H,28,29,30,32)/p+1/b19-15+,26-13?. The van der Waals surface area contributed by atoms with Gasteiger partial charge in [-0.25, -0.2) is 9.97 Å². The highest BCUT2D eigenvalue weighted by molar-refractivity contribution is 6.08. The molecule has 3 aromatic heterocycles. The van der Waals surface area contributed by atoms with Gasteiger partial charge in [0.25, 0.3) is 0 Å². The molecule has 0 aliphatic heterocycles. The maximum absolute atomic E-state index is 5.99. The zero-order valence-corrected chi connectivity index (χ0v) is 19.6. The van der Waals surface area contributed by atoms with Crippen LogP contribution in [0, 0.1) is 0 Å². The summed E-state index contributed by atoms with van der Waals surface area (Å²) in [6.45, 7) is 4.70. The van der Waals surface area contributed by atoms with Gasteiger partial charge in [0.1, 0.15) is 0 Å². The van der Waals surface area contributed by atoms with Crippen LogP contribution in [0.25, 0.3) is 28.1 Å². The van der Waals surface area contributed by atoms with Crippen LogP contribution in [0.4, 0.5) is 11.8 Å². The Hall–Kier alpha value is -4.27. The summed E-state index contributed by atoms with van der Waals surface area (Å²) >= 11 is 0. The number of anilines is 2. The van der Waals surface area contributed by atoms with Crippen LogP contribution in [-0.2, 0) is 26.4 Å². The molecule has 3 heterocycles. The van der Waals surface area contributed by atoms with Gasteiger partial charge in [0, 0.05) is 48.9 Å². The van der Waals surface area contributed by atoms with Crippen molar-refractivity contribution >= 4 is 23.6 Å². The number of aromatic nitrogens is 6. The molecule has 1 aliphatic rings. The minimum absolute atomic E-state index is 0.518. The molecule has 0 bridgehead atoms. The molecular weight excluding hydrogens is 426 g/mol. The summed E-state index contributed by atoms with van der Waals surface area (Å²) in [7, 11) is 1.97. The molecule has 1 aliphatic carbocycles. The summed E-state index contributed by atoms with van der Waals surface area (Å²) in [5.41, 5.74) is 14.7. The van der Waals surface area contributed by atoms with Crippen LogP contribution in [0.15, 0.2) is 48.4 Å². The fourth-order valence-corrected chi connectivity index (χ4v) is 4.44. The van der Waals surface area contributed by atoms with Gasteiger partial charge in [0.05, 0.1) is 22.7 Å². The fourth-order valence-electron chi connectivity index (χ4n) is 4.44. The molecule has 0 unspecified atom stereocenters. The molecule has 0 spiro atoms. The third-order valence-electron chi connectivity index (χ3n) is 6.12. The zero-order chi connectivity index (χ0) is 23.8. The van der Waals surface area contributed by atoms with E-state index in [0.717, 1.165) is 70.1 Å². The molecule has 172 valence electrons. The Balaban J connectivity index is 1.56. The fraction of sp³-hybridized carbons (Fsp3) is 0.240. The maximum atomic E-state index is 5.99. The lowest BCUT2D eigenvalue weighted by Gasteiger charge is -2.17. The van der Waals surface area contributed by atoms with E-state index in [2.05, 4.69) is 27.5 Å². The van der Waals surface area contributed by atoms with Gasteiger partial charge >= 0.3 is 0 Å². The van der Waals surface area contributed by atoms with Gasteiger partial charge in [-0.05, 0) is 37.8 Å². The molecule has 5 rings (SSSR count). The lowest BCUT2D eigenvalue weighted by Crippen LogP contribution is -2.30. The molecule has 9 nitrogen and oxygen atoms in total. The van der Waals surface area contributed by atoms with E-state index in [0.29, 0.717) is 11.6 Å². The zero-order valence-electron chi connectivity index (χ0n) is 19.6. The predicted molar refractivity (Wildman–Crippen MR) is 133 cm³/mol. The third-order valence-corrected chi connectivity index (χ3v) is 6.12. The van der Waals surface area contributed by atoms with Crippen molar-refractivity contribution in [3.05, 3.63) is 65.2 Å².